The van der Waals surface area contributed by atoms with E-state index < -0.39 is 0 Å². The summed E-state index contributed by atoms with van der Waals surface area (Å²) in [7, 11) is 0. The fraction of sp³-hybridized carbons (Fsp3) is 0.300. The number of tetrazole rings is 1. The minimum absolute atomic E-state index is 0.190. The van der Waals surface area contributed by atoms with Crippen molar-refractivity contribution in [3.05, 3.63) is 28.8 Å². The van der Waals surface area contributed by atoms with Crippen LogP contribution in [0.2, 0.25) is 5.02 Å². The van der Waals surface area contributed by atoms with Gasteiger partial charge in [-0.3, -0.25) is 0 Å². The Morgan fingerprint density at radius 1 is 1.50 bits per heavy atom. The highest BCUT2D eigenvalue weighted by atomic mass is 35.5. The topological polar surface area (TPSA) is 90.9 Å². The highest BCUT2D eigenvalue weighted by Gasteiger charge is 2.06. The van der Waals surface area contributed by atoms with Gasteiger partial charge in [0.05, 0.1) is 13.2 Å². The van der Waals surface area contributed by atoms with Crippen LogP contribution in [0, 0.1) is 0 Å². The minimum Gasteiger partial charge on any atom is -0.494 e. The molecule has 0 atom stereocenters. The molecule has 1 aromatic heterocycles. The average molecular weight is 269 g/mol. The van der Waals surface area contributed by atoms with Crippen molar-refractivity contribution in [2.75, 3.05) is 17.8 Å². The molecule has 0 aliphatic heterocycles. The Morgan fingerprint density at radius 2 is 2.33 bits per heavy atom. The summed E-state index contributed by atoms with van der Waals surface area (Å²) in [6.45, 7) is 2.96. The number of halogens is 1. The fourth-order valence-electron chi connectivity index (χ4n) is 1.45. The van der Waals surface area contributed by atoms with E-state index in [0.29, 0.717) is 18.2 Å². The van der Waals surface area contributed by atoms with Crippen LogP contribution in [0.4, 0.5) is 5.95 Å². The van der Waals surface area contributed by atoms with Gasteiger partial charge in [-0.2, -0.15) is 0 Å². The van der Waals surface area contributed by atoms with Gasteiger partial charge in [-0.05, 0) is 35.5 Å². The van der Waals surface area contributed by atoms with Gasteiger partial charge >= 0.3 is 0 Å². The molecule has 3 N–H and O–H groups in total. The second-order valence-corrected chi connectivity index (χ2v) is 3.91. The zero-order valence-electron chi connectivity index (χ0n) is 9.80. The van der Waals surface area contributed by atoms with E-state index in [4.69, 9.17) is 22.1 Å². The number of aromatic nitrogens is 4. The summed E-state index contributed by atoms with van der Waals surface area (Å²) in [5, 5.41) is 11.3. The first-order chi connectivity index (χ1) is 8.70. The van der Waals surface area contributed by atoms with Gasteiger partial charge in [0.25, 0.3) is 5.95 Å². The maximum absolute atomic E-state index is 5.95. The van der Waals surface area contributed by atoms with Gasteiger partial charge in [0.2, 0.25) is 0 Å². The van der Waals surface area contributed by atoms with E-state index in [1.54, 1.807) is 6.07 Å². The van der Waals surface area contributed by atoms with E-state index in [0.717, 1.165) is 11.3 Å². The van der Waals surface area contributed by atoms with E-state index in [1.165, 1.54) is 4.79 Å². The molecule has 0 aliphatic carbocycles. The van der Waals surface area contributed by atoms with Crippen LogP contribution in [0.15, 0.2) is 18.2 Å². The first-order valence-corrected chi connectivity index (χ1v) is 5.77. The molecule has 0 spiro atoms. The van der Waals surface area contributed by atoms with Gasteiger partial charge in [-0.15, -0.1) is 4.79 Å². The summed E-state index contributed by atoms with van der Waals surface area (Å²) in [6, 6.07) is 5.42. The van der Waals surface area contributed by atoms with E-state index in [1.807, 2.05) is 19.1 Å². The summed E-state index contributed by atoms with van der Waals surface area (Å²) in [6.07, 6.45) is 0. The van der Waals surface area contributed by atoms with Gasteiger partial charge in [-0.25, -0.2) is 0 Å². The second kappa shape index (κ2) is 5.54. The number of nitrogens with zero attached hydrogens (tertiary/aromatic N) is 4. The molecule has 0 amide bonds. The molecule has 96 valence electrons. The first kappa shape index (κ1) is 12.4. The third kappa shape index (κ3) is 2.80. The van der Waals surface area contributed by atoms with Crippen LogP contribution in [0.1, 0.15) is 12.5 Å². The molecule has 1 heterocycles. The minimum atomic E-state index is 0.190. The Kier molecular flexibility index (Phi) is 3.83. The maximum Gasteiger partial charge on any atom is 0.260 e. The van der Waals surface area contributed by atoms with Crippen LogP contribution in [-0.4, -0.2) is 26.9 Å². The van der Waals surface area contributed by atoms with Gasteiger partial charge < -0.3 is 15.9 Å². The molecular weight excluding hydrogens is 256 g/mol. The van der Waals surface area contributed by atoms with Gasteiger partial charge in [-0.1, -0.05) is 16.7 Å². The molecule has 0 unspecified atom stereocenters. The molecule has 7 nitrogen and oxygen atoms in total. The molecule has 0 fully saturated rings. The first-order valence-electron chi connectivity index (χ1n) is 5.39. The zero-order valence-corrected chi connectivity index (χ0v) is 10.6. The molecule has 0 radical (unpaired) electrons. The van der Waals surface area contributed by atoms with Gasteiger partial charge in [0.1, 0.15) is 5.75 Å². The van der Waals surface area contributed by atoms with Crippen LogP contribution in [0.5, 0.6) is 5.75 Å². The molecule has 18 heavy (non-hydrogen) atoms. The smallest absolute Gasteiger partial charge is 0.260 e. The highest BCUT2D eigenvalue weighted by molar-refractivity contribution is 6.30. The lowest BCUT2D eigenvalue weighted by Crippen LogP contribution is -2.18. The number of nitrogens with two attached hydrogens (primary N) is 1. The van der Waals surface area contributed by atoms with Crippen molar-refractivity contribution in [3.8, 4) is 5.75 Å². The van der Waals surface area contributed by atoms with Crippen molar-refractivity contribution in [2.24, 2.45) is 0 Å². The summed E-state index contributed by atoms with van der Waals surface area (Å²) in [5.41, 5.74) is 9.39. The van der Waals surface area contributed by atoms with Crippen molar-refractivity contribution in [1.29, 1.82) is 0 Å². The molecule has 2 aromatic rings. The Bertz CT molecular complexity index is 529. The standard InChI is InChI=1S/C10H13ClN6O/c1-2-18-9-4-3-8(11)5-7(9)6-13-17-10(12)14-15-16-17/h3-5,13H,2,6H2,1H3,(H2,12,14,16). The quantitative estimate of drug-likeness (QED) is 0.842. The van der Waals surface area contributed by atoms with Crippen LogP contribution in [0.3, 0.4) is 0 Å². The van der Waals surface area contributed by atoms with Crippen molar-refractivity contribution in [1.82, 2.24) is 20.3 Å². The normalized spacial score (nSPS) is 10.3. The molecule has 0 saturated heterocycles. The molecular formula is C10H13ClN6O. The third-order valence-electron chi connectivity index (χ3n) is 2.24. The lowest BCUT2D eigenvalue weighted by Gasteiger charge is -2.11. The molecule has 1 aromatic carbocycles. The summed E-state index contributed by atoms with van der Waals surface area (Å²) in [4.78, 5) is 1.29. The monoisotopic (exact) mass is 268 g/mol. The van der Waals surface area contributed by atoms with Crippen LogP contribution in [-0.2, 0) is 6.54 Å². The third-order valence-corrected chi connectivity index (χ3v) is 2.47. The van der Waals surface area contributed by atoms with Crippen molar-refractivity contribution >= 4 is 17.5 Å². The number of benzene rings is 1. The molecule has 0 aliphatic rings. The number of nitrogen functional groups attached to an aromatic ring is 1. The largest absolute Gasteiger partial charge is 0.494 e. The molecule has 0 bridgehead atoms. The Hall–Kier alpha value is -2.02. The predicted octanol–water partition coefficient (Wildman–Crippen LogP) is 1.05. The van der Waals surface area contributed by atoms with Gasteiger partial charge in [0.15, 0.2) is 0 Å². The van der Waals surface area contributed by atoms with Crippen LogP contribution < -0.4 is 15.9 Å². The maximum atomic E-state index is 5.95. The number of rotatable bonds is 5. The van der Waals surface area contributed by atoms with Crippen molar-refractivity contribution in [3.63, 3.8) is 0 Å². The highest BCUT2D eigenvalue weighted by Crippen LogP contribution is 2.23. The Morgan fingerprint density at radius 3 is 3.00 bits per heavy atom. The fourth-order valence-corrected chi connectivity index (χ4v) is 1.64. The number of ether oxygens (including phenoxy) is 1. The second-order valence-electron chi connectivity index (χ2n) is 3.47. The molecule has 2 rings (SSSR count). The van der Waals surface area contributed by atoms with E-state index in [-0.39, 0.29) is 5.95 Å². The van der Waals surface area contributed by atoms with E-state index in [2.05, 4.69) is 21.0 Å². The molecule has 8 heteroatoms. The van der Waals surface area contributed by atoms with Crippen LogP contribution >= 0.6 is 11.6 Å². The SMILES string of the molecule is CCOc1ccc(Cl)cc1CNn1nnnc1N. The lowest BCUT2D eigenvalue weighted by atomic mass is 10.2. The van der Waals surface area contributed by atoms with Gasteiger partial charge in [0, 0.05) is 10.6 Å². The van der Waals surface area contributed by atoms with Crippen molar-refractivity contribution in [2.45, 2.75) is 13.5 Å². The number of nitrogens with one attached hydrogen (secondary N) is 1. The number of anilines is 1. The summed E-state index contributed by atoms with van der Waals surface area (Å²) in [5.74, 6) is 0.955. The van der Waals surface area contributed by atoms with Crippen molar-refractivity contribution < 1.29 is 4.74 Å². The van der Waals surface area contributed by atoms with E-state index >= 15 is 0 Å². The number of hydrogen-bond acceptors (Lipinski definition) is 6. The lowest BCUT2D eigenvalue weighted by molar-refractivity contribution is 0.336. The summed E-state index contributed by atoms with van der Waals surface area (Å²) >= 11 is 5.95. The Balaban J connectivity index is 2.12. The summed E-state index contributed by atoms with van der Waals surface area (Å²) < 4.78 is 5.50. The number of hydrogen-bond donors (Lipinski definition) is 2. The molecule has 0 saturated carbocycles. The predicted molar refractivity (Wildman–Crippen MR) is 67.9 cm³/mol. The van der Waals surface area contributed by atoms with E-state index in [9.17, 15) is 0 Å². The average Bonchev–Trinajstić information content (AvgIpc) is 2.75. The van der Waals surface area contributed by atoms with Crippen LogP contribution in [0.25, 0.3) is 0 Å². The zero-order chi connectivity index (χ0) is 13.0. The Labute approximate surface area is 109 Å².